The second kappa shape index (κ2) is 12.6. The molecule has 3 N–H and O–H groups in total. The van der Waals surface area contributed by atoms with Gasteiger partial charge in [-0.2, -0.15) is 4.98 Å². The zero-order chi connectivity index (χ0) is 23.4. The predicted molar refractivity (Wildman–Crippen MR) is 125 cm³/mol. The van der Waals surface area contributed by atoms with E-state index in [9.17, 15) is 9.59 Å². The van der Waals surface area contributed by atoms with Crippen molar-refractivity contribution in [1.29, 1.82) is 0 Å². The molecule has 2 aromatic heterocycles. The van der Waals surface area contributed by atoms with E-state index in [2.05, 4.69) is 30.9 Å². The van der Waals surface area contributed by atoms with Crippen LogP contribution in [0.1, 0.15) is 62.9 Å². The van der Waals surface area contributed by atoms with E-state index in [1.165, 1.54) is 11.8 Å². The number of aromatic nitrogens is 3. The van der Waals surface area contributed by atoms with E-state index in [0.29, 0.717) is 43.4 Å². The van der Waals surface area contributed by atoms with Crippen molar-refractivity contribution in [3.8, 4) is 0 Å². The maximum atomic E-state index is 12.6. The van der Waals surface area contributed by atoms with Gasteiger partial charge in [0.15, 0.2) is 0 Å². The molecule has 2 aromatic rings. The van der Waals surface area contributed by atoms with Crippen molar-refractivity contribution in [2.24, 2.45) is 0 Å². The second-order valence-corrected chi connectivity index (χ2v) is 8.36. The number of carbonyl (C=O) groups excluding carboxylic acids is 2. The van der Waals surface area contributed by atoms with E-state index in [4.69, 9.17) is 4.74 Å². The fraction of sp³-hybridized carbons (Fsp3) is 0.522. The van der Waals surface area contributed by atoms with E-state index >= 15 is 0 Å². The number of carbonyl (C=O) groups is 2. The van der Waals surface area contributed by atoms with Gasteiger partial charge in [0.2, 0.25) is 5.95 Å². The molecule has 0 bridgehead atoms. The van der Waals surface area contributed by atoms with E-state index < -0.39 is 5.60 Å². The lowest BCUT2D eigenvalue weighted by Crippen LogP contribution is -2.28. The van der Waals surface area contributed by atoms with Crippen LogP contribution in [0.5, 0.6) is 0 Å². The highest BCUT2D eigenvalue weighted by molar-refractivity contribution is 5.98. The van der Waals surface area contributed by atoms with Gasteiger partial charge in [0.25, 0.3) is 5.91 Å². The van der Waals surface area contributed by atoms with Gasteiger partial charge < -0.3 is 20.7 Å². The average molecular weight is 443 g/mol. The molecule has 0 radical (unpaired) electrons. The van der Waals surface area contributed by atoms with Crippen molar-refractivity contribution < 1.29 is 14.3 Å². The molecule has 0 saturated heterocycles. The highest BCUT2D eigenvalue weighted by Crippen LogP contribution is 2.15. The van der Waals surface area contributed by atoms with Crippen molar-refractivity contribution in [3.63, 3.8) is 0 Å². The van der Waals surface area contributed by atoms with E-state index in [1.807, 2.05) is 39.8 Å². The Morgan fingerprint density at radius 1 is 1.06 bits per heavy atom. The third-order valence-corrected chi connectivity index (χ3v) is 4.29. The molecule has 32 heavy (non-hydrogen) atoms. The van der Waals surface area contributed by atoms with Crippen LogP contribution in [0.4, 0.5) is 11.8 Å². The molecule has 0 atom stereocenters. The minimum atomic E-state index is -0.508. The summed E-state index contributed by atoms with van der Waals surface area (Å²) in [6.45, 7) is 9.23. The van der Waals surface area contributed by atoms with Gasteiger partial charge in [0, 0.05) is 44.6 Å². The predicted octanol–water partition coefficient (Wildman–Crippen LogP) is 3.20. The molecule has 1 amide bonds. The second-order valence-electron chi connectivity index (χ2n) is 8.36. The van der Waals surface area contributed by atoms with Crippen LogP contribution < -0.4 is 16.0 Å². The van der Waals surface area contributed by atoms with Crippen molar-refractivity contribution >= 4 is 23.6 Å². The Labute approximate surface area is 189 Å². The Morgan fingerprint density at radius 2 is 1.81 bits per heavy atom. The number of nitrogens with one attached hydrogen (secondary N) is 3. The van der Waals surface area contributed by atoms with Gasteiger partial charge in [-0.05, 0) is 57.7 Å². The zero-order valence-corrected chi connectivity index (χ0v) is 19.4. The molecule has 0 aliphatic carbocycles. The van der Waals surface area contributed by atoms with Gasteiger partial charge in [-0.15, -0.1) is 0 Å². The van der Waals surface area contributed by atoms with Gasteiger partial charge in [0.1, 0.15) is 17.0 Å². The number of esters is 1. The zero-order valence-electron chi connectivity index (χ0n) is 19.4. The molecule has 9 nitrogen and oxygen atoms in total. The largest absolute Gasteiger partial charge is 0.460 e. The number of hydrogen-bond donors (Lipinski definition) is 3. The molecule has 2 heterocycles. The van der Waals surface area contributed by atoms with Crippen LogP contribution in [0.25, 0.3) is 0 Å². The van der Waals surface area contributed by atoms with Crippen molar-refractivity contribution in [2.75, 3.05) is 30.3 Å². The van der Waals surface area contributed by atoms with Crippen LogP contribution in [0.2, 0.25) is 0 Å². The van der Waals surface area contributed by atoms with E-state index in [1.54, 1.807) is 12.4 Å². The van der Waals surface area contributed by atoms with Crippen LogP contribution in [-0.4, -0.2) is 52.1 Å². The highest BCUT2D eigenvalue weighted by Gasteiger charge is 2.17. The first-order valence-electron chi connectivity index (χ1n) is 11.0. The van der Waals surface area contributed by atoms with Crippen LogP contribution in [0.3, 0.4) is 0 Å². The third-order valence-electron chi connectivity index (χ3n) is 4.29. The van der Waals surface area contributed by atoms with Crippen LogP contribution in [0.15, 0.2) is 30.7 Å². The Balaban J connectivity index is 1.89. The highest BCUT2D eigenvalue weighted by atomic mass is 16.6. The smallest absolute Gasteiger partial charge is 0.306 e. The number of ether oxygens (including phenoxy) is 1. The number of hydrogen-bond acceptors (Lipinski definition) is 8. The molecule has 0 aliphatic heterocycles. The maximum absolute atomic E-state index is 12.6. The van der Waals surface area contributed by atoms with Crippen molar-refractivity contribution in [1.82, 2.24) is 20.3 Å². The summed E-state index contributed by atoms with van der Waals surface area (Å²) >= 11 is 0. The van der Waals surface area contributed by atoms with Crippen molar-refractivity contribution in [2.45, 2.75) is 59.0 Å². The normalized spacial score (nSPS) is 11.0. The summed E-state index contributed by atoms with van der Waals surface area (Å²) in [6.07, 6.45) is 7.49. The Kier molecular flexibility index (Phi) is 9.84. The lowest BCUT2D eigenvalue weighted by Gasteiger charge is -2.19. The first kappa shape index (κ1) is 25.0. The summed E-state index contributed by atoms with van der Waals surface area (Å²) in [7, 11) is 0. The molecule has 0 saturated carbocycles. The van der Waals surface area contributed by atoms with Gasteiger partial charge >= 0.3 is 5.97 Å². The minimum absolute atomic E-state index is 0.245. The lowest BCUT2D eigenvalue weighted by atomic mass is 10.2. The van der Waals surface area contributed by atoms with E-state index in [-0.39, 0.29) is 18.3 Å². The molecular weight excluding hydrogens is 408 g/mol. The number of nitrogens with zero attached hydrogens (tertiary/aromatic N) is 3. The van der Waals surface area contributed by atoms with Crippen LogP contribution >= 0.6 is 0 Å². The summed E-state index contributed by atoms with van der Waals surface area (Å²) < 4.78 is 5.27. The van der Waals surface area contributed by atoms with E-state index in [0.717, 1.165) is 12.8 Å². The molecule has 0 unspecified atom stereocenters. The van der Waals surface area contributed by atoms with Crippen molar-refractivity contribution in [3.05, 3.63) is 41.9 Å². The van der Waals surface area contributed by atoms with Crippen LogP contribution in [0, 0.1) is 0 Å². The summed E-state index contributed by atoms with van der Waals surface area (Å²) in [4.78, 5) is 37.2. The number of pyridine rings is 1. The fourth-order valence-electron chi connectivity index (χ4n) is 2.80. The minimum Gasteiger partial charge on any atom is -0.460 e. The molecule has 174 valence electrons. The standard InChI is InChI=1S/C23H34N6O3/c1-5-11-25-20-18(21(31)26-12-6-7-19(30)32-23(2,3)4)16-28-22(29-20)27-15-10-17-8-13-24-14-9-17/h8-9,13-14,16H,5-7,10-12,15H2,1-4H3,(H,26,31)(H2,25,27,28,29). The first-order chi connectivity index (χ1) is 15.3. The monoisotopic (exact) mass is 442 g/mol. The molecule has 0 spiro atoms. The van der Waals surface area contributed by atoms with Gasteiger partial charge in [-0.3, -0.25) is 14.6 Å². The van der Waals surface area contributed by atoms with Crippen LogP contribution in [-0.2, 0) is 16.0 Å². The lowest BCUT2D eigenvalue weighted by molar-refractivity contribution is -0.154. The fourth-order valence-corrected chi connectivity index (χ4v) is 2.80. The SMILES string of the molecule is CCCNc1nc(NCCc2ccncc2)ncc1C(=O)NCCCC(=O)OC(C)(C)C. The average Bonchev–Trinajstić information content (AvgIpc) is 2.75. The molecule has 9 heteroatoms. The number of rotatable bonds is 12. The summed E-state index contributed by atoms with van der Waals surface area (Å²) in [5, 5.41) is 9.21. The summed E-state index contributed by atoms with van der Waals surface area (Å²) in [5.74, 6) is 0.385. The summed E-state index contributed by atoms with van der Waals surface area (Å²) in [5.41, 5.74) is 1.03. The molecule has 0 aromatic carbocycles. The quantitative estimate of drug-likeness (QED) is 0.339. The van der Waals surface area contributed by atoms with Gasteiger partial charge in [-0.25, -0.2) is 4.98 Å². The molecule has 0 fully saturated rings. The maximum Gasteiger partial charge on any atom is 0.306 e. The van der Waals surface area contributed by atoms with Gasteiger partial charge in [0.05, 0.1) is 0 Å². The third kappa shape index (κ3) is 9.28. The molecular formula is C23H34N6O3. The Morgan fingerprint density at radius 3 is 2.50 bits per heavy atom. The first-order valence-corrected chi connectivity index (χ1v) is 11.0. The summed E-state index contributed by atoms with van der Waals surface area (Å²) in [6, 6.07) is 3.93. The Hall–Kier alpha value is -3.23. The molecule has 2 rings (SSSR count). The van der Waals surface area contributed by atoms with Gasteiger partial charge in [-0.1, -0.05) is 6.92 Å². The topological polar surface area (TPSA) is 118 Å². The number of anilines is 2. The number of amides is 1. The Bertz CT molecular complexity index is 868. The molecule has 0 aliphatic rings.